The van der Waals surface area contributed by atoms with Crippen LogP contribution in [0.15, 0.2) is 24.3 Å². The van der Waals surface area contributed by atoms with Crippen LogP contribution in [0, 0.1) is 21.4 Å². The summed E-state index contributed by atoms with van der Waals surface area (Å²) in [5.41, 5.74) is 0.753. The van der Waals surface area contributed by atoms with Gasteiger partial charge in [-0.2, -0.15) is 5.26 Å². The van der Waals surface area contributed by atoms with E-state index < -0.39 is 10.9 Å². The standard InChI is InChI=1S/C18H19N5O4/c1-2-22(10-18(24)25)14-6-12(7-14)20-17-5-11(9-19)15-8-13(23(26)27)3-4-16(15)21-17/h3-5,8,12,14H,2,6-7,10H2,1H3,(H,20,21)(H,24,25). The summed E-state index contributed by atoms with van der Waals surface area (Å²) in [6.45, 7) is 2.64. The number of carboxylic acids is 1. The van der Waals surface area contributed by atoms with E-state index in [9.17, 15) is 20.2 Å². The third-order valence-electron chi connectivity index (χ3n) is 4.85. The minimum Gasteiger partial charge on any atom is -0.480 e. The van der Waals surface area contributed by atoms with E-state index in [2.05, 4.69) is 16.4 Å². The minimum atomic E-state index is -0.836. The van der Waals surface area contributed by atoms with Gasteiger partial charge in [-0.25, -0.2) is 4.98 Å². The zero-order chi connectivity index (χ0) is 19.6. The number of fused-ring (bicyclic) bond motifs is 1. The summed E-state index contributed by atoms with van der Waals surface area (Å²) in [7, 11) is 0. The number of aromatic nitrogens is 1. The number of carbonyl (C=O) groups is 1. The van der Waals surface area contributed by atoms with Crippen molar-refractivity contribution in [3.63, 3.8) is 0 Å². The molecule has 27 heavy (non-hydrogen) atoms. The number of anilines is 1. The molecule has 0 aliphatic heterocycles. The van der Waals surface area contributed by atoms with Gasteiger partial charge >= 0.3 is 5.97 Å². The lowest BCUT2D eigenvalue weighted by molar-refractivity contribution is -0.384. The number of nitro groups is 1. The van der Waals surface area contributed by atoms with Crippen molar-refractivity contribution in [3.05, 3.63) is 39.9 Å². The van der Waals surface area contributed by atoms with Crippen LogP contribution in [0.5, 0.6) is 0 Å². The van der Waals surface area contributed by atoms with Crippen molar-refractivity contribution in [2.24, 2.45) is 0 Å². The summed E-state index contributed by atoms with van der Waals surface area (Å²) < 4.78 is 0. The summed E-state index contributed by atoms with van der Waals surface area (Å²) in [4.78, 5) is 27.7. The number of rotatable bonds is 7. The van der Waals surface area contributed by atoms with E-state index in [-0.39, 0.29) is 24.3 Å². The smallest absolute Gasteiger partial charge is 0.317 e. The van der Waals surface area contributed by atoms with Crippen molar-refractivity contribution >= 4 is 28.4 Å². The molecule has 1 aromatic heterocycles. The van der Waals surface area contributed by atoms with Gasteiger partial charge in [0, 0.05) is 29.6 Å². The first kappa shape index (κ1) is 18.5. The van der Waals surface area contributed by atoms with Crippen LogP contribution in [-0.2, 0) is 4.79 Å². The molecule has 0 amide bonds. The fraction of sp³-hybridized carbons (Fsp3) is 0.389. The maximum absolute atomic E-state index is 10.9. The van der Waals surface area contributed by atoms with Gasteiger partial charge in [0.15, 0.2) is 0 Å². The average Bonchev–Trinajstić information content (AvgIpc) is 2.61. The van der Waals surface area contributed by atoms with Crippen LogP contribution in [0.2, 0.25) is 0 Å². The molecule has 1 saturated carbocycles. The van der Waals surface area contributed by atoms with Crippen molar-refractivity contribution in [1.29, 1.82) is 5.26 Å². The normalized spacial score (nSPS) is 18.7. The molecule has 0 bridgehead atoms. The zero-order valence-corrected chi connectivity index (χ0v) is 14.8. The van der Waals surface area contributed by atoms with E-state index in [1.54, 1.807) is 6.07 Å². The predicted octanol–water partition coefficient (Wildman–Crippen LogP) is 2.36. The molecule has 9 heteroatoms. The van der Waals surface area contributed by atoms with Gasteiger partial charge in [0.2, 0.25) is 0 Å². The van der Waals surface area contributed by atoms with Crippen molar-refractivity contribution in [1.82, 2.24) is 9.88 Å². The van der Waals surface area contributed by atoms with E-state index in [1.807, 2.05) is 11.8 Å². The molecule has 1 heterocycles. The fourth-order valence-electron chi connectivity index (χ4n) is 3.38. The van der Waals surface area contributed by atoms with Gasteiger partial charge in [0.1, 0.15) is 5.82 Å². The van der Waals surface area contributed by atoms with Gasteiger partial charge < -0.3 is 10.4 Å². The summed E-state index contributed by atoms with van der Waals surface area (Å²) in [6.07, 6.45) is 1.59. The Morgan fingerprint density at radius 1 is 1.48 bits per heavy atom. The molecular formula is C18H19N5O4. The highest BCUT2D eigenvalue weighted by Crippen LogP contribution is 2.30. The lowest BCUT2D eigenvalue weighted by Gasteiger charge is -2.42. The maximum Gasteiger partial charge on any atom is 0.317 e. The van der Waals surface area contributed by atoms with E-state index in [0.717, 1.165) is 12.8 Å². The second-order valence-corrected chi connectivity index (χ2v) is 6.55. The molecule has 1 aliphatic carbocycles. The summed E-state index contributed by atoms with van der Waals surface area (Å²) in [5.74, 6) is -0.296. The molecule has 1 aromatic carbocycles. The van der Waals surface area contributed by atoms with E-state index in [1.165, 1.54) is 18.2 Å². The fourth-order valence-corrected chi connectivity index (χ4v) is 3.38. The number of hydrogen-bond donors (Lipinski definition) is 2. The van der Waals surface area contributed by atoms with Crippen LogP contribution in [-0.4, -0.2) is 51.1 Å². The summed E-state index contributed by atoms with van der Waals surface area (Å²) in [5, 5.41) is 33.0. The third-order valence-corrected chi connectivity index (χ3v) is 4.85. The molecule has 0 atom stereocenters. The number of benzene rings is 1. The number of pyridine rings is 1. The first-order valence-corrected chi connectivity index (χ1v) is 8.63. The number of nitriles is 1. The van der Waals surface area contributed by atoms with Gasteiger partial charge in [-0.1, -0.05) is 6.92 Å². The molecule has 0 radical (unpaired) electrons. The van der Waals surface area contributed by atoms with Crippen LogP contribution in [0.1, 0.15) is 25.3 Å². The molecule has 140 valence electrons. The SMILES string of the molecule is CCN(CC(=O)O)C1CC(Nc2cc(C#N)c3cc([N+](=O)[O-])ccc3n2)C1. The Kier molecular flexibility index (Phi) is 5.19. The van der Waals surface area contributed by atoms with E-state index in [0.29, 0.717) is 28.8 Å². The predicted molar refractivity (Wildman–Crippen MR) is 98.4 cm³/mol. The molecule has 0 saturated heterocycles. The van der Waals surface area contributed by atoms with Gasteiger partial charge in [0.25, 0.3) is 5.69 Å². The Hall–Kier alpha value is -3.25. The third kappa shape index (κ3) is 3.96. The molecule has 0 spiro atoms. The minimum absolute atomic E-state index is 0.0273. The number of nitrogens with one attached hydrogen (secondary N) is 1. The Labute approximate surface area is 155 Å². The highest BCUT2D eigenvalue weighted by atomic mass is 16.6. The lowest BCUT2D eigenvalue weighted by atomic mass is 9.85. The number of hydrogen-bond acceptors (Lipinski definition) is 7. The summed E-state index contributed by atoms with van der Waals surface area (Å²) >= 11 is 0. The number of nitrogens with zero attached hydrogens (tertiary/aromatic N) is 4. The molecule has 2 N–H and O–H groups in total. The van der Waals surface area contributed by atoms with Crippen molar-refractivity contribution < 1.29 is 14.8 Å². The number of non-ortho nitro benzene ring substituents is 1. The van der Waals surface area contributed by atoms with Gasteiger partial charge in [-0.3, -0.25) is 19.8 Å². The van der Waals surface area contributed by atoms with Crippen LogP contribution >= 0.6 is 0 Å². The van der Waals surface area contributed by atoms with Crippen molar-refractivity contribution in [2.45, 2.75) is 31.8 Å². The Bertz CT molecular complexity index is 933. The quantitative estimate of drug-likeness (QED) is 0.561. The largest absolute Gasteiger partial charge is 0.480 e. The van der Waals surface area contributed by atoms with Gasteiger partial charge in [-0.05, 0) is 31.5 Å². The van der Waals surface area contributed by atoms with Crippen LogP contribution in [0.3, 0.4) is 0 Å². The number of nitro benzene ring substituents is 1. The average molecular weight is 369 g/mol. The first-order chi connectivity index (χ1) is 12.9. The van der Waals surface area contributed by atoms with Crippen LogP contribution in [0.4, 0.5) is 11.5 Å². The van der Waals surface area contributed by atoms with Crippen molar-refractivity contribution in [3.8, 4) is 6.07 Å². The highest BCUT2D eigenvalue weighted by molar-refractivity contribution is 5.88. The Balaban J connectivity index is 1.73. The zero-order valence-electron chi connectivity index (χ0n) is 14.8. The molecule has 0 unspecified atom stereocenters. The van der Waals surface area contributed by atoms with Gasteiger partial charge in [-0.15, -0.1) is 0 Å². The molecule has 3 rings (SSSR count). The molecule has 1 fully saturated rings. The molecular weight excluding hydrogens is 350 g/mol. The molecule has 9 nitrogen and oxygen atoms in total. The number of aliphatic carboxylic acids is 1. The van der Waals surface area contributed by atoms with Crippen LogP contribution < -0.4 is 5.32 Å². The lowest BCUT2D eigenvalue weighted by Crippen LogP contribution is -2.51. The monoisotopic (exact) mass is 369 g/mol. The second-order valence-electron chi connectivity index (χ2n) is 6.55. The summed E-state index contributed by atoms with van der Waals surface area (Å²) in [6, 6.07) is 8.27. The molecule has 2 aromatic rings. The first-order valence-electron chi connectivity index (χ1n) is 8.63. The van der Waals surface area contributed by atoms with Crippen molar-refractivity contribution in [2.75, 3.05) is 18.4 Å². The topological polar surface area (TPSA) is 132 Å². The van der Waals surface area contributed by atoms with Crippen LogP contribution in [0.25, 0.3) is 10.9 Å². The molecule has 1 aliphatic rings. The second kappa shape index (κ2) is 7.55. The van der Waals surface area contributed by atoms with E-state index >= 15 is 0 Å². The van der Waals surface area contributed by atoms with Gasteiger partial charge in [0.05, 0.1) is 28.6 Å². The number of likely N-dealkylation sites (N-methyl/N-ethyl adjacent to an activating group) is 1. The Morgan fingerprint density at radius 3 is 2.81 bits per heavy atom. The Morgan fingerprint density at radius 2 is 2.22 bits per heavy atom. The highest BCUT2D eigenvalue weighted by Gasteiger charge is 2.34. The van der Waals surface area contributed by atoms with E-state index in [4.69, 9.17) is 5.11 Å². The number of carboxylic acid groups (broad SMARTS) is 1. The maximum atomic E-state index is 10.9.